The summed E-state index contributed by atoms with van der Waals surface area (Å²) >= 11 is 0. The topological polar surface area (TPSA) is 55.8 Å². The first-order valence-corrected chi connectivity index (χ1v) is 9.83. The summed E-state index contributed by atoms with van der Waals surface area (Å²) in [7, 11) is 0. The zero-order valence-corrected chi connectivity index (χ0v) is 17.7. The first kappa shape index (κ1) is 23.3. The fraction of sp³-hybridized carbons (Fsp3) is 0.391. The molecule has 2 aromatic carbocycles. The Hall–Kier alpha value is -2.96. The number of halogens is 2. The third-order valence-corrected chi connectivity index (χ3v) is 4.18. The smallest absolute Gasteiger partial charge is 0.411 e. The molecule has 30 heavy (non-hydrogen) atoms. The number of nitrogens with zero attached hydrogens (tertiary/aromatic N) is 1. The molecule has 1 aliphatic heterocycles. The van der Waals surface area contributed by atoms with Crippen molar-refractivity contribution in [1.82, 2.24) is 4.90 Å². The van der Waals surface area contributed by atoms with Crippen molar-refractivity contribution < 1.29 is 27.8 Å². The molecule has 0 atom stereocenters. The maximum Gasteiger partial charge on any atom is 0.411 e. The van der Waals surface area contributed by atoms with Crippen LogP contribution in [0, 0.1) is 17.6 Å². The number of hydrogen-bond acceptors (Lipinski definition) is 4. The third kappa shape index (κ3) is 5.78. The van der Waals surface area contributed by atoms with Gasteiger partial charge in [0.05, 0.1) is 13.2 Å². The van der Waals surface area contributed by atoms with Crippen molar-refractivity contribution in [3.63, 3.8) is 0 Å². The van der Waals surface area contributed by atoms with Gasteiger partial charge in [-0.2, -0.15) is 0 Å². The van der Waals surface area contributed by atoms with Gasteiger partial charge in [0, 0.05) is 11.1 Å². The maximum absolute atomic E-state index is 13.3. The summed E-state index contributed by atoms with van der Waals surface area (Å²) < 4.78 is 37.2. The Morgan fingerprint density at radius 1 is 1.03 bits per heavy atom. The minimum Gasteiger partial charge on any atom is -0.465 e. The number of carbonyl (C=O) groups excluding carboxylic acids is 2. The average Bonchev–Trinajstić information content (AvgIpc) is 3.00. The van der Waals surface area contributed by atoms with E-state index in [2.05, 4.69) is 20.8 Å². The van der Waals surface area contributed by atoms with Gasteiger partial charge in [0.2, 0.25) is 0 Å². The van der Waals surface area contributed by atoms with Gasteiger partial charge >= 0.3 is 12.1 Å². The molecule has 1 amide bonds. The Bertz CT molecular complexity index is 802. The monoisotopic (exact) mass is 419 g/mol. The summed E-state index contributed by atoms with van der Waals surface area (Å²) in [5.41, 5.74) is -0.235. The highest BCUT2D eigenvalue weighted by Gasteiger charge is 2.48. The molecule has 0 aliphatic carbocycles. The van der Waals surface area contributed by atoms with Crippen molar-refractivity contribution in [2.75, 3.05) is 19.7 Å². The molecule has 0 radical (unpaired) electrons. The predicted molar refractivity (Wildman–Crippen MR) is 109 cm³/mol. The maximum atomic E-state index is 13.3. The van der Waals surface area contributed by atoms with Gasteiger partial charge < -0.3 is 9.47 Å². The van der Waals surface area contributed by atoms with E-state index in [0.717, 1.165) is 5.92 Å². The highest BCUT2D eigenvalue weighted by molar-refractivity contribution is 5.80. The minimum absolute atomic E-state index is 0.0158. The van der Waals surface area contributed by atoms with Crippen molar-refractivity contribution >= 4 is 12.1 Å². The van der Waals surface area contributed by atoms with Crippen LogP contribution in [0.25, 0.3) is 0 Å². The highest BCUT2D eigenvalue weighted by atomic mass is 19.1. The number of amides is 1. The number of carbonyl (C=O) groups is 2. The molecule has 0 saturated carbocycles. The standard InChI is InChI=1S/C19H17F2NO4.C4H10/c1-2-25-17(23)11-22-12-19(26-18(22)24,13-3-7-15(20)8-4-13)14-5-9-16(21)10-6-14;1-4(2)3/h3-10H,2,11-12H2,1H3;4H,1-3H3. The lowest BCUT2D eigenvalue weighted by molar-refractivity contribution is -0.143. The van der Waals surface area contributed by atoms with Crippen LogP contribution < -0.4 is 0 Å². The molecule has 162 valence electrons. The van der Waals surface area contributed by atoms with E-state index in [4.69, 9.17) is 9.47 Å². The van der Waals surface area contributed by atoms with Gasteiger partial charge in [-0.25, -0.2) is 13.6 Å². The fourth-order valence-corrected chi connectivity index (χ4v) is 2.97. The van der Waals surface area contributed by atoms with Crippen LogP contribution in [0.5, 0.6) is 0 Å². The summed E-state index contributed by atoms with van der Waals surface area (Å²) in [6, 6.07) is 11.0. The quantitative estimate of drug-likeness (QED) is 0.648. The molecular formula is C23H27F2NO4. The first-order valence-electron chi connectivity index (χ1n) is 9.83. The van der Waals surface area contributed by atoms with Crippen LogP contribution in [-0.4, -0.2) is 36.7 Å². The van der Waals surface area contributed by atoms with Gasteiger partial charge in [-0.15, -0.1) is 0 Å². The Morgan fingerprint density at radius 3 is 1.87 bits per heavy atom. The third-order valence-electron chi connectivity index (χ3n) is 4.18. The molecule has 0 unspecified atom stereocenters. The molecule has 5 nitrogen and oxygen atoms in total. The average molecular weight is 419 g/mol. The van der Waals surface area contributed by atoms with Crippen molar-refractivity contribution in [3.8, 4) is 0 Å². The van der Waals surface area contributed by atoms with E-state index >= 15 is 0 Å². The van der Waals surface area contributed by atoms with E-state index in [-0.39, 0.29) is 19.7 Å². The van der Waals surface area contributed by atoms with Crippen LogP contribution >= 0.6 is 0 Å². The Kier molecular flexibility index (Phi) is 7.92. The second-order valence-electron chi connectivity index (χ2n) is 7.60. The fourth-order valence-electron chi connectivity index (χ4n) is 2.97. The number of esters is 1. The lowest BCUT2D eigenvalue weighted by atomic mass is 9.86. The van der Waals surface area contributed by atoms with Gasteiger partial charge in [0.15, 0.2) is 5.60 Å². The van der Waals surface area contributed by atoms with Crippen molar-refractivity contribution in [2.24, 2.45) is 5.92 Å². The number of hydrogen-bond donors (Lipinski definition) is 0. The van der Waals surface area contributed by atoms with Gasteiger partial charge in [-0.1, -0.05) is 45.0 Å². The first-order chi connectivity index (χ1) is 14.2. The molecule has 1 aliphatic rings. The van der Waals surface area contributed by atoms with Crippen LogP contribution in [0.1, 0.15) is 38.8 Å². The SMILES string of the molecule is CC(C)C.CCOC(=O)CN1CC(c2ccc(F)cc2)(c2ccc(F)cc2)OC1=O. The summed E-state index contributed by atoms with van der Waals surface area (Å²) in [4.78, 5) is 25.3. The zero-order chi connectivity index (χ0) is 22.3. The van der Waals surface area contributed by atoms with E-state index in [1.807, 2.05) is 0 Å². The van der Waals surface area contributed by atoms with Crippen LogP contribution in [0.15, 0.2) is 48.5 Å². The van der Waals surface area contributed by atoms with Gasteiger partial charge in [0.25, 0.3) is 0 Å². The Balaban J connectivity index is 0.000000735. The van der Waals surface area contributed by atoms with Crippen LogP contribution in [0.2, 0.25) is 0 Å². The molecule has 0 spiro atoms. The van der Waals surface area contributed by atoms with E-state index in [1.165, 1.54) is 53.4 Å². The minimum atomic E-state index is -1.27. The van der Waals surface area contributed by atoms with Crippen LogP contribution in [-0.2, 0) is 19.9 Å². The van der Waals surface area contributed by atoms with E-state index in [0.29, 0.717) is 11.1 Å². The van der Waals surface area contributed by atoms with Crippen LogP contribution in [0.3, 0.4) is 0 Å². The predicted octanol–water partition coefficient (Wildman–Crippen LogP) is 4.89. The summed E-state index contributed by atoms with van der Waals surface area (Å²) in [6.45, 7) is 8.11. The number of ether oxygens (including phenoxy) is 2. The largest absolute Gasteiger partial charge is 0.465 e. The van der Waals surface area contributed by atoms with E-state index < -0.39 is 29.3 Å². The summed E-state index contributed by atoms with van der Waals surface area (Å²) in [5.74, 6) is -0.593. The van der Waals surface area contributed by atoms with E-state index in [1.54, 1.807) is 6.92 Å². The molecule has 7 heteroatoms. The molecule has 2 aromatic rings. The number of cyclic esters (lactones) is 1. The Labute approximate surface area is 175 Å². The zero-order valence-electron chi connectivity index (χ0n) is 17.7. The molecular weight excluding hydrogens is 392 g/mol. The van der Waals surface area contributed by atoms with Crippen LogP contribution in [0.4, 0.5) is 13.6 Å². The molecule has 0 aromatic heterocycles. The lowest BCUT2D eigenvalue weighted by Crippen LogP contribution is -2.36. The van der Waals surface area contributed by atoms with Gasteiger partial charge in [-0.3, -0.25) is 9.69 Å². The van der Waals surface area contributed by atoms with Gasteiger partial charge in [0.1, 0.15) is 18.2 Å². The Morgan fingerprint density at radius 2 is 1.47 bits per heavy atom. The van der Waals surface area contributed by atoms with Gasteiger partial charge in [-0.05, 0) is 37.1 Å². The van der Waals surface area contributed by atoms with Crippen molar-refractivity contribution in [1.29, 1.82) is 0 Å². The molecule has 1 fully saturated rings. The molecule has 1 saturated heterocycles. The normalized spacial score (nSPS) is 14.8. The molecule has 0 bridgehead atoms. The number of rotatable bonds is 5. The summed E-state index contributed by atoms with van der Waals surface area (Å²) in [6.07, 6.45) is -0.702. The summed E-state index contributed by atoms with van der Waals surface area (Å²) in [5, 5.41) is 0. The molecule has 1 heterocycles. The number of benzene rings is 2. The second-order valence-corrected chi connectivity index (χ2v) is 7.60. The van der Waals surface area contributed by atoms with E-state index in [9.17, 15) is 18.4 Å². The van der Waals surface area contributed by atoms with Crippen molar-refractivity contribution in [2.45, 2.75) is 33.3 Å². The molecule has 3 rings (SSSR count). The second kappa shape index (κ2) is 10.2. The highest BCUT2D eigenvalue weighted by Crippen LogP contribution is 2.39. The lowest BCUT2D eigenvalue weighted by Gasteiger charge is -2.28. The molecule has 0 N–H and O–H groups in total. The van der Waals surface area contributed by atoms with Crippen molar-refractivity contribution in [3.05, 3.63) is 71.3 Å².